The lowest BCUT2D eigenvalue weighted by atomic mass is 10.1. The van der Waals surface area contributed by atoms with Gasteiger partial charge in [-0.15, -0.1) is 0 Å². The third-order valence-electron chi connectivity index (χ3n) is 3.50. The van der Waals surface area contributed by atoms with Crippen molar-refractivity contribution in [1.29, 1.82) is 0 Å². The van der Waals surface area contributed by atoms with Crippen LogP contribution in [0.5, 0.6) is 0 Å². The second-order valence-electron chi connectivity index (χ2n) is 5.16. The highest BCUT2D eigenvalue weighted by atomic mass is 16.2. The van der Waals surface area contributed by atoms with Gasteiger partial charge in [-0.1, -0.05) is 18.2 Å². The molecule has 106 valence electrons. The molecule has 0 atom stereocenters. The fourth-order valence-electron chi connectivity index (χ4n) is 2.47. The van der Waals surface area contributed by atoms with E-state index in [0.717, 1.165) is 16.5 Å². The van der Waals surface area contributed by atoms with Crippen molar-refractivity contribution in [3.8, 4) is 11.3 Å². The lowest BCUT2D eigenvalue weighted by molar-refractivity contribution is 0.0827. The molecule has 0 saturated carbocycles. The summed E-state index contributed by atoms with van der Waals surface area (Å²) < 4.78 is 2.04. The van der Waals surface area contributed by atoms with Gasteiger partial charge in [-0.25, -0.2) is 9.97 Å². The molecule has 1 aromatic carbocycles. The van der Waals surface area contributed by atoms with E-state index in [1.165, 1.54) is 11.2 Å². The minimum absolute atomic E-state index is 0.0986. The molecule has 0 aliphatic carbocycles. The molecule has 0 bridgehead atoms. The lowest BCUT2D eigenvalue weighted by Gasteiger charge is -2.12. The third-order valence-corrected chi connectivity index (χ3v) is 3.50. The second-order valence-corrected chi connectivity index (χ2v) is 5.16. The zero-order valence-corrected chi connectivity index (χ0v) is 12.2. The van der Waals surface area contributed by atoms with Gasteiger partial charge in [-0.2, -0.15) is 0 Å². The smallest absolute Gasteiger partial charge is 0.257 e. The summed E-state index contributed by atoms with van der Waals surface area (Å²) >= 11 is 0. The fraction of sp³-hybridized carbons (Fsp3) is 0.188. The van der Waals surface area contributed by atoms with Gasteiger partial charge in [-0.05, 0) is 6.07 Å². The number of fused-ring (bicyclic) bond motifs is 1. The molecular formula is C16H16N4O. The Bertz CT molecular complexity index is 820. The van der Waals surface area contributed by atoms with E-state index in [1.54, 1.807) is 20.3 Å². The Kier molecular flexibility index (Phi) is 3.17. The Balaban J connectivity index is 2.27. The largest absolute Gasteiger partial charge is 0.350 e. The maximum Gasteiger partial charge on any atom is 0.257 e. The summed E-state index contributed by atoms with van der Waals surface area (Å²) in [5, 5.41) is 1.08. The number of hydrogen-bond donors (Lipinski definition) is 0. The fourth-order valence-corrected chi connectivity index (χ4v) is 2.47. The number of carbonyl (C=O) groups is 1. The van der Waals surface area contributed by atoms with Crippen LogP contribution < -0.4 is 0 Å². The molecule has 0 N–H and O–H groups in total. The van der Waals surface area contributed by atoms with E-state index in [1.807, 2.05) is 42.1 Å². The van der Waals surface area contributed by atoms with Crippen molar-refractivity contribution < 1.29 is 4.79 Å². The topological polar surface area (TPSA) is 51.0 Å². The maximum atomic E-state index is 12.3. The average molecular weight is 280 g/mol. The summed E-state index contributed by atoms with van der Waals surface area (Å²) in [6, 6.07) is 8.07. The zero-order chi connectivity index (χ0) is 15.0. The van der Waals surface area contributed by atoms with E-state index in [9.17, 15) is 4.79 Å². The molecule has 5 heteroatoms. The first-order valence-corrected chi connectivity index (χ1v) is 6.65. The van der Waals surface area contributed by atoms with Crippen LogP contribution in [-0.2, 0) is 7.05 Å². The lowest BCUT2D eigenvalue weighted by Crippen LogP contribution is -2.22. The molecule has 0 unspecified atom stereocenters. The van der Waals surface area contributed by atoms with Crippen LogP contribution in [-0.4, -0.2) is 39.4 Å². The van der Waals surface area contributed by atoms with Crippen LogP contribution in [0.25, 0.3) is 22.2 Å². The van der Waals surface area contributed by atoms with Gasteiger partial charge in [0.2, 0.25) is 0 Å². The van der Waals surface area contributed by atoms with Crippen LogP contribution in [0.1, 0.15) is 10.4 Å². The first-order valence-electron chi connectivity index (χ1n) is 6.65. The van der Waals surface area contributed by atoms with Crippen molar-refractivity contribution in [2.75, 3.05) is 14.1 Å². The summed E-state index contributed by atoms with van der Waals surface area (Å²) in [5.41, 5.74) is 3.23. The molecule has 21 heavy (non-hydrogen) atoms. The minimum atomic E-state index is -0.0986. The van der Waals surface area contributed by atoms with E-state index < -0.39 is 0 Å². The average Bonchev–Trinajstić information content (AvgIpc) is 2.84. The number of hydrogen-bond acceptors (Lipinski definition) is 3. The van der Waals surface area contributed by atoms with Gasteiger partial charge in [0.1, 0.15) is 6.33 Å². The summed E-state index contributed by atoms with van der Waals surface area (Å²) in [4.78, 5) is 22.2. The Morgan fingerprint density at radius 3 is 2.76 bits per heavy atom. The molecular weight excluding hydrogens is 264 g/mol. The van der Waals surface area contributed by atoms with Crippen LogP contribution >= 0.6 is 0 Å². The van der Waals surface area contributed by atoms with Crippen LogP contribution in [0.15, 0.2) is 43.0 Å². The Morgan fingerprint density at radius 1 is 1.24 bits per heavy atom. The molecule has 5 nitrogen and oxygen atoms in total. The van der Waals surface area contributed by atoms with Crippen molar-refractivity contribution in [2.45, 2.75) is 0 Å². The van der Waals surface area contributed by atoms with E-state index in [4.69, 9.17) is 0 Å². The van der Waals surface area contributed by atoms with Gasteiger partial charge in [0.25, 0.3) is 5.91 Å². The summed E-state index contributed by atoms with van der Waals surface area (Å²) in [6.07, 6.45) is 5.05. The van der Waals surface area contributed by atoms with Crippen molar-refractivity contribution in [3.63, 3.8) is 0 Å². The molecule has 0 saturated heterocycles. The van der Waals surface area contributed by atoms with Crippen molar-refractivity contribution >= 4 is 16.8 Å². The molecule has 2 heterocycles. The monoisotopic (exact) mass is 280 g/mol. The normalized spacial score (nSPS) is 10.8. The van der Waals surface area contributed by atoms with E-state index in [0.29, 0.717) is 11.3 Å². The van der Waals surface area contributed by atoms with E-state index in [2.05, 4.69) is 9.97 Å². The highest BCUT2D eigenvalue weighted by molar-refractivity contribution is 6.04. The number of nitrogens with zero attached hydrogens (tertiary/aromatic N) is 4. The van der Waals surface area contributed by atoms with Crippen LogP contribution in [0.4, 0.5) is 0 Å². The van der Waals surface area contributed by atoms with Crippen molar-refractivity contribution in [1.82, 2.24) is 19.4 Å². The summed E-state index contributed by atoms with van der Waals surface area (Å²) in [7, 11) is 5.44. The molecule has 3 rings (SSSR count). The number of benzene rings is 1. The number of para-hydroxylation sites is 1. The molecule has 3 aromatic rings. The zero-order valence-electron chi connectivity index (χ0n) is 12.2. The SMILES string of the molecule is CN(C)C(=O)c1cncnc1-c1cn(C)c2ccccc12. The Labute approximate surface area is 122 Å². The van der Waals surface area contributed by atoms with Crippen LogP contribution in [0.2, 0.25) is 0 Å². The maximum absolute atomic E-state index is 12.3. The summed E-state index contributed by atoms with van der Waals surface area (Å²) in [6.45, 7) is 0. The van der Waals surface area contributed by atoms with E-state index >= 15 is 0 Å². The number of carbonyl (C=O) groups excluding carboxylic acids is 1. The molecule has 1 amide bonds. The predicted octanol–water partition coefficient (Wildman–Crippen LogP) is 2.34. The van der Waals surface area contributed by atoms with Crippen molar-refractivity contribution in [3.05, 3.63) is 48.5 Å². The van der Waals surface area contributed by atoms with E-state index in [-0.39, 0.29) is 5.91 Å². The minimum Gasteiger partial charge on any atom is -0.350 e. The number of amides is 1. The van der Waals surface area contributed by atoms with Crippen LogP contribution in [0.3, 0.4) is 0 Å². The van der Waals surface area contributed by atoms with Gasteiger partial charge in [0.15, 0.2) is 0 Å². The highest BCUT2D eigenvalue weighted by Crippen LogP contribution is 2.30. The molecule has 0 radical (unpaired) electrons. The third kappa shape index (κ3) is 2.16. The highest BCUT2D eigenvalue weighted by Gasteiger charge is 2.19. The van der Waals surface area contributed by atoms with Gasteiger partial charge >= 0.3 is 0 Å². The predicted molar refractivity (Wildman–Crippen MR) is 82.0 cm³/mol. The quantitative estimate of drug-likeness (QED) is 0.724. The van der Waals surface area contributed by atoms with Gasteiger partial charge in [0.05, 0.1) is 11.3 Å². The standard InChI is InChI=1S/C16H16N4O/c1-19(2)16(21)12-8-17-10-18-15(12)13-9-20(3)14-7-5-4-6-11(13)14/h4-10H,1-3H3. The number of rotatable bonds is 2. The van der Waals surface area contributed by atoms with Crippen LogP contribution in [0, 0.1) is 0 Å². The molecule has 0 aliphatic rings. The molecule has 2 aromatic heterocycles. The summed E-state index contributed by atoms with van der Waals surface area (Å²) in [5.74, 6) is -0.0986. The van der Waals surface area contributed by atoms with Gasteiger partial charge < -0.3 is 9.47 Å². The first kappa shape index (κ1) is 13.3. The second kappa shape index (κ2) is 5.01. The Morgan fingerprint density at radius 2 is 2.00 bits per heavy atom. The Hall–Kier alpha value is -2.69. The molecule has 0 spiro atoms. The van der Waals surface area contributed by atoms with Gasteiger partial charge in [0, 0.05) is 50.0 Å². The molecule has 0 fully saturated rings. The first-order chi connectivity index (χ1) is 10.1. The molecule has 0 aliphatic heterocycles. The van der Waals surface area contributed by atoms with Crippen molar-refractivity contribution in [2.24, 2.45) is 7.05 Å². The number of aryl methyl sites for hydroxylation is 1. The number of aromatic nitrogens is 3. The van der Waals surface area contributed by atoms with Gasteiger partial charge in [-0.3, -0.25) is 4.79 Å².